The lowest BCUT2D eigenvalue weighted by molar-refractivity contribution is 0.0904. The summed E-state index contributed by atoms with van der Waals surface area (Å²) in [5.74, 6) is 0.527. The number of fused-ring (bicyclic) bond motifs is 1. The monoisotopic (exact) mass is 395 g/mol. The molecule has 0 saturated heterocycles. The van der Waals surface area contributed by atoms with Gasteiger partial charge >= 0.3 is 0 Å². The summed E-state index contributed by atoms with van der Waals surface area (Å²) in [4.78, 5) is 17.9. The fourth-order valence-corrected chi connectivity index (χ4v) is 3.88. The minimum absolute atomic E-state index is 0. The van der Waals surface area contributed by atoms with Crippen molar-refractivity contribution in [2.24, 2.45) is 5.73 Å². The Morgan fingerprint density at radius 3 is 2.54 bits per heavy atom. The normalized spacial score (nSPS) is 18.1. The van der Waals surface area contributed by atoms with E-state index in [0.717, 1.165) is 53.4 Å². The summed E-state index contributed by atoms with van der Waals surface area (Å²) >= 11 is 0. The lowest BCUT2D eigenvalue weighted by Crippen LogP contribution is -2.51. The highest BCUT2D eigenvalue weighted by molar-refractivity contribution is 6.06. The summed E-state index contributed by atoms with van der Waals surface area (Å²) in [5, 5.41) is 4.21. The standard InChI is InChI=1S/C20H25N3O.2ClH/c1-13-4-7-17-15(10-13)16(11-18(22-17)14-5-6-14)19(24)23-20(12-21)8-2-3-9-20;;/h4,7,10-11,14H,2-3,5-6,8-9,12,21H2,1H3,(H,23,24);2*1H. The number of halogens is 2. The molecule has 1 aromatic heterocycles. The number of rotatable bonds is 4. The Hall–Kier alpha value is -1.36. The van der Waals surface area contributed by atoms with E-state index in [-0.39, 0.29) is 36.3 Å². The van der Waals surface area contributed by atoms with E-state index in [0.29, 0.717) is 12.5 Å². The molecule has 4 rings (SSSR count). The maximum absolute atomic E-state index is 13.1. The first-order chi connectivity index (χ1) is 11.6. The zero-order valence-corrected chi connectivity index (χ0v) is 16.7. The van der Waals surface area contributed by atoms with Crippen LogP contribution in [0.5, 0.6) is 0 Å². The van der Waals surface area contributed by atoms with Crippen LogP contribution in [0, 0.1) is 6.92 Å². The van der Waals surface area contributed by atoms with Gasteiger partial charge in [0.25, 0.3) is 5.91 Å². The van der Waals surface area contributed by atoms with E-state index in [1.807, 2.05) is 19.1 Å². The first-order valence-corrected chi connectivity index (χ1v) is 9.04. The van der Waals surface area contributed by atoms with Crippen LogP contribution >= 0.6 is 24.8 Å². The lowest BCUT2D eigenvalue weighted by atomic mass is 9.96. The lowest BCUT2D eigenvalue weighted by Gasteiger charge is -2.29. The van der Waals surface area contributed by atoms with Gasteiger partial charge in [0.1, 0.15) is 0 Å². The van der Waals surface area contributed by atoms with Crippen LogP contribution < -0.4 is 11.1 Å². The molecular weight excluding hydrogens is 369 g/mol. The van der Waals surface area contributed by atoms with Gasteiger partial charge in [-0.15, -0.1) is 24.8 Å². The molecule has 4 nitrogen and oxygen atoms in total. The van der Waals surface area contributed by atoms with Crippen molar-refractivity contribution in [1.82, 2.24) is 10.3 Å². The van der Waals surface area contributed by atoms with Gasteiger partial charge in [-0.05, 0) is 50.8 Å². The predicted molar refractivity (Wildman–Crippen MR) is 111 cm³/mol. The van der Waals surface area contributed by atoms with Crippen LogP contribution in [-0.2, 0) is 0 Å². The Labute approximate surface area is 167 Å². The van der Waals surface area contributed by atoms with Crippen molar-refractivity contribution in [3.05, 3.63) is 41.1 Å². The topological polar surface area (TPSA) is 68.0 Å². The third-order valence-electron chi connectivity index (χ3n) is 5.55. The highest BCUT2D eigenvalue weighted by Gasteiger charge is 2.35. The van der Waals surface area contributed by atoms with E-state index in [9.17, 15) is 4.79 Å². The zero-order chi connectivity index (χ0) is 16.7. The van der Waals surface area contributed by atoms with Gasteiger partial charge in [0.15, 0.2) is 0 Å². The van der Waals surface area contributed by atoms with Crippen LogP contribution in [0.3, 0.4) is 0 Å². The molecule has 2 aliphatic rings. The second-order valence-electron chi connectivity index (χ2n) is 7.54. The second-order valence-corrected chi connectivity index (χ2v) is 7.54. The molecular formula is C20H27Cl2N3O. The Bertz CT molecular complexity index is 799. The Kier molecular flexibility index (Phi) is 6.54. The molecule has 6 heteroatoms. The Balaban J connectivity index is 0.00000121. The van der Waals surface area contributed by atoms with E-state index in [4.69, 9.17) is 10.7 Å². The van der Waals surface area contributed by atoms with E-state index in [1.54, 1.807) is 0 Å². The SMILES string of the molecule is Cc1ccc2nc(C3CC3)cc(C(=O)NC3(CN)CCCC3)c2c1.Cl.Cl. The molecule has 0 aliphatic heterocycles. The van der Waals surface area contributed by atoms with E-state index >= 15 is 0 Å². The number of hydrogen-bond acceptors (Lipinski definition) is 3. The van der Waals surface area contributed by atoms with E-state index in [1.165, 1.54) is 12.8 Å². The number of nitrogens with zero attached hydrogens (tertiary/aromatic N) is 1. The molecule has 0 radical (unpaired) electrons. The molecule has 26 heavy (non-hydrogen) atoms. The number of aromatic nitrogens is 1. The predicted octanol–water partition coefficient (Wildman–Crippen LogP) is 4.27. The van der Waals surface area contributed by atoms with Crippen molar-refractivity contribution >= 4 is 41.6 Å². The number of carbonyl (C=O) groups excluding carboxylic acids is 1. The van der Waals surface area contributed by atoms with Crippen LogP contribution in [-0.4, -0.2) is 23.0 Å². The summed E-state index contributed by atoms with van der Waals surface area (Å²) in [6.45, 7) is 2.56. The highest BCUT2D eigenvalue weighted by Crippen LogP contribution is 2.40. The van der Waals surface area contributed by atoms with Gasteiger partial charge in [0.2, 0.25) is 0 Å². The fraction of sp³-hybridized carbons (Fsp3) is 0.500. The van der Waals surface area contributed by atoms with Crippen molar-refractivity contribution in [2.75, 3.05) is 6.54 Å². The van der Waals surface area contributed by atoms with Gasteiger partial charge in [-0.3, -0.25) is 9.78 Å². The van der Waals surface area contributed by atoms with Crippen LogP contribution in [0.1, 0.15) is 66.1 Å². The van der Waals surface area contributed by atoms with Crippen molar-refractivity contribution in [3.63, 3.8) is 0 Å². The van der Waals surface area contributed by atoms with Crippen LogP contribution in [0.4, 0.5) is 0 Å². The number of aryl methyl sites for hydroxylation is 1. The molecule has 2 fully saturated rings. The molecule has 3 N–H and O–H groups in total. The molecule has 1 heterocycles. The maximum Gasteiger partial charge on any atom is 0.252 e. The Morgan fingerprint density at radius 1 is 1.23 bits per heavy atom. The molecule has 1 aromatic carbocycles. The quantitative estimate of drug-likeness (QED) is 0.811. The van der Waals surface area contributed by atoms with Crippen LogP contribution in [0.2, 0.25) is 0 Å². The molecule has 1 amide bonds. The maximum atomic E-state index is 13.1. The van der Waals surface area contributed by atoms with Gasteiger partial charge in [-0.25, -0.2) is 0 Å². The smallest absolute Gasteiger partial charge is 0.252 e. The van der Waals surface area contributed by atoms with Gasteiger partial charge in [-0.1, -0.05) is 24.5 Å². The molecule has 0 spiro atoms. The number of benzene rings is 1. The number of nitrogens with two attached hydrogens (primary N) is 1. The molecule has 2 saturated carbocycles. The number of pyridine rings is 1. The van der Waals surface area contributed by atoms with E-state index in [2.05, 4.69) is 17.4 Å². The third-order valence-corrected chi connectivity index (χ3v) is 5.55. The number of nitrogens with one attached hydrogen (secondary N) is 1. The van der Waals surface area contributed by atoms with Crippen molar-refractivity contribution in [1.29, 1.82) is 0 Å². The number of carbonyl (C=O) groups is 1. The summed E-state index contributed by atoms with van der Waals surface area (Å²) in [6, 6.07) is 8.17. The molecule has 2 aromatic rings. The molecule has 2 aliphatic carbocycles. The van der Waals surface area contributed by atoms with Gasteiger partial charge in [0, 0.05) is 23.5 Å². The first kappa shape index (κ1) is 20.9. The number of amides is 1. The molecule has 0 unspecified atom stereocenters. The zero-order valence-electron chi connectivity index (χ0n) is 15.1. The molecule has 0 atom stereocenters. The Morgan fingerprint density at radius 2 is 1.92 bits per heavy atom. The van der Waals surface area contributed by atoms with Gasteiger partial charge < -0.3 is 11.1 Å². The second kappa shape index (κ2) is 8.12. The third kappa shape index (κ3) is 3.98. The van der Waals surface area contributed by atoms with Crippen LogP contribution in [0.25, 0.3) is 10.9 Å². The minimum atomic E-state index is -0.226. The minimum Gasteiger partial charge on any atom is -0.345 e. The largest absolute Gasteiger partial charge is 0.345 e. The van der Waals surface area contributed by atoms with Crippen LogP contribution in [0.15, 0.2) is 24.3 Å². The summed E-state index contributed by atoms with van der Waals surface area (Å²) < 4.78 is 0. The van der Waals surface area contributed by atoms with Crippen molar-refractivity contribution in [2.45, 2.75) is 56.9 Å². The fourth-order valence-electron chi connectivity index (χ4n) is 3.88. The van der Waals surface area contributed by atoms with Crippen molar-refractivity contribution < 1.29 is 4.79 Å². The van der Waals surface area contributed by atoms with Gasteiger partial charge in [-0.2, -0.15) is 0 Å². The van der Waals surface area contributed by atoms with Crippen molar-refractivity contribution in [3.8, 4) is 0 Å². The average Bonchev–Trinajstić information content (AvgIpc) is 3.34. The first-order valence-electron chi connectivity index (χ1n) is 9.04. The average molecular weight is 396 g/mol. The van der Waals surface area contributed by atoms with Gasteiger partial charge in [0.05, 0.1) is 16.6 Å². The highest BCUT2D eigenvalue weighted by atomic mass is 35.5. The molecule has 0 bridgehead atoms. The molecule has 142 valence electrons. The summed E-state index contributed by atoms with van der Waals surface area (Å²) in [5.41, 5.74) is 9.65. The summed E-state index contributed by atoms with van der Waals surface area (Å²) in [7, 11) is 0. The van der Waals surface area contributed by atoms with E-state index < -0.39 is 0 Å². The summed E-state index contributed by atoms with van der Waals surface area (Å²) in [6.07, 6.45) is 6.60. The number of hydrogen-bond donors (Lipinski definition) is 2.